The van der Waals surface area contributed by atoms with E-state index in [0.717, 1.165) is 0 Å². The minimum Gasteiger partial charge on any atom is -0.360 e. The summed E-state index contributed by atoms with van der Waals surface area (Å²) in [5.74, 6) is -0.946. The Labute approximate surface area is 60.3 Å². The third-order valence-electron chi connectivity index (χ3n) is 0.763. The second-order valence-electron chi connectivity index (χ2n) is 1.74. The molecule has 0 aromatic heterocycles. The van der Waals surface area contributed by atoms with Gasteiger partial charge in [0.25, 0.3) is 0 Å². The number of primary amides is 1. The zero-order valence-electron chi connectivity index (χ0n) is 5.66. The highest BCUT2D eigenvalue weighted by atomic mass is 32.2. The fourth-order valence-corrected chi connectivity index (χ4v) is 1.14. The highest BCUT2D eigenvalue weighted by Crippen LogP contribution is 2.02. The van der Waals surface area contributed by atoms with Gasteiger partial charge in [0.15, 0.2) is 0 Å². The number of rotatable bonds is 0. The first-order valence-corrected chi connectivity index (χ1v) is 4.39. The van der Waals surface area contributed by atoms with E-state index in [-0.39, 0.29) is 0 Å². The molecule has 6 heteroatoms. The summed E-state index contributed by atoms with van der Waals surface area (Å²) in [5.41, 5.74) is 4.73. The molecule has 0 aromatic rings. The van der Waals surface area contributed by atoms with Crippen molar-refractivity contribution in [1.29, 1.82) is 0 Å². The first kappa shape index (κ1) is 9.09. The van der Waals surface area contributed by atoms with Gasteiger partial charge in [-0.05, 0) is 12.5 Å². The van der Waals surface area contributed by atoms with Gasteiger partial charge in [-0.2, -0.15) is 0 Å². The Balaban J connectivity index is 4.79. The number of carbonyl (C=O) groups is 1. The number of hydrogen-bond donors (Lipinski definition) is 1. The summed E-state index contributed by atoms with van der Waals surface area (Å²) in [6, 6.07) is 0. The molecule has 0 unspecified atom stereocenters. The van der Waals surface area contributed by atoms with Crippen LogP contribution in [0.5, 0.6) is 0 Å². The zero-order chi connectivity index (χ0) is 8.31. The van der Waals surface area contributed by atoms with Crippen LogP contribution in [0.2, 0.25) is 0 Å². The molecule has 1 amide bonds. The lowest BCUT2D eigenvalue weighted by Crippen LogP contribution is -2.29. The average Bonchev–Trinajstić information content (AvgIpc) is 1.59. The summed E-state index contributed by atoms with van der Waals surface area (Å²) in [7, 11) is -0.671. The molecule has 0 heterocycles. The van der Waals surface area contributed by atoms with Gasteiger partial charge >= 0.3 is 10.9 Å². The van der Waals surface area contributed by atoms with Gasteiger partial charge in [0.05, 0.1) is 4.92 Å². The summed E-state index contributed by atoms with van der Waals surface area (Å²) in [4.78, 5) is 19.2. The number of nitrogens with two attached hydrogens (primary N) is 1. The van der Waals surface area contributed by atoms with Gasteiger partial charge in [-0.1, -0.05) is 0 Å². The lowest BCUT2D eigenvalue weighted by atomic mass is 10.6. The van der Waals surface area contributed by atoms with E-state index in [1.807, 2.05) is 0 Å². The minimum atomic E-state index is -0.946. The summed E-state index contributed by atoms with van der Waals surface area (Å²) in [5, 5.41) is 10.1. The second-order valence-corrected chi connectivity index (χ2v) is 3.76. The van der Waals surface area contributed by atoms with Crippen LogP contribution >= 0.6 is 10.5 Å². The van der Waals surface area contributed by atoms with Crippen LogP contribution < -0.4 is 5.73 Å². The molecule has 0 atom stereocenters. The lowest BCUT2D eigenvalue weighted by Gasteiger charge is -1.93. The van der Waals surface area contributed by atoms with Crippen LogP contribution in [0.4, 0.5) is 0 Å². The third-order valence-corrected chi connectivity index (χ3v) is 1.89. The fraction of sp³-hybridized carbons (Fsp3) is 0.500. The van der Waals surface area contributed by atoms with E-state index in [0.29, 0.717) is 0 Å². The Bertz CT molecular complexity index is 191. The standard InChI is InChI=1S/C4H8N2O3S/c1-10(2)4(3(5)7)6(8)9/h1-2H3,(H2,5,7). The van der Waals surface area contributed by atoms with E-state index < -0.39 is 26.3 Å². The molecule has 2 N–H and O–H groups in total. The third kappa shape index (κ3) is 2.14. The fourth-order valence-electron chi connectivity index (χ4n) is 0.440. The second kappa shape index (κ2) is 3.31. The molecule has 0 bridgehead atoms. The van der Waals surface area contributed by atoms with E-state index >= 15 is 0 Å². The van der Waals surface area contributed by atoms with E-state index in [1.54, 1.807) is 12.5 Å². The maximum atomic E-state index is 10.3. The smallest absolute Gasteiger partial charge is 0.357 e. The maximum Gasteiger partial charge on any atom is 0.357 e. The first-order chi connectivity index (χ1) is 4.46. The van der Waals surface area contributed by atoms with E-state index in [9.17, 15) is 14.9 Å². The van der Waals surface area contributed by atoms with Gasteiger partial charge in [0, 0.05) is 0 Å². The molecule has 0 saturated carbocycles. The zero-order valence-corrected chi connectivity index (χ0v) is 6.47. The predicted molar refractivity (Wildman–Crippen MR) is 40.6 cm³/mol. The maximum absolute atomic E-state index is 10.3. The lowest BCUT2D eigenvalue weighted by molar-refractivity contribution is -0.344. The molecule has 0 aliphatic rings. The van der Waals surface area contributed by atoms with E-state index in [2.05, 4.69) is 0 Å². The summed E-state index contributed by atoms with van der Waals surface area (Å²) >= 11 is 0. The molecule has 0 fully saturated rings. The molecule has 0 spiro atoms. The summed E-state index contributed by atoms with van der Waals surface area (Å²) in [6.45, 7) is 0. The number of amides is 1. The summed E-state index contributed by atoms with van der Waals surface area (Å²) in [6.07, 6.45) is 3.14. The van der Waals surface area contributed by atoms with Crippen molar-refractivity contribution in [3.63, 3.8) is 0 Å². The number of nitro groups is 1. The van der Waals surface area contributed by atoms with Crippen molar-refractivity contribution < 1.29 is 9.72 Å². The van der Waals surface area contributed by atoms with Crippen molar-refractivity contribution in [1.82, 2.24) is 0 Å². The molecule has 5 nitrogen and oxygen atoms in total. The van der Waals surface area contributed by atoms with Crippen LogP contribution in [0.1, 0.15) is 0 Å². The van der Waals surface area contributed by atoms with Crippen molar-refractivity contribution in [3.8, 4) is 0 Å². The topological polar surface area (TPSA) is 86.2 Å². The van der Waals surface area contributed by atoms with Crippen molar-refractivity contribution in [2.24, 2.45) is 5.73 Å². The van der Waals surface area contributed by atoms with Crippen LogP contribution in [0.3, 0.4) is 0 Å². The molecule has 0 saturated heterocycles. The van der Waals surface area contributed by atoms with Gasteiger partial charge in [0.2, 0.25) is 0 Å². The normalized spacial score (nSPS) is 9.50. The highest BCUT2D eigenvalue weighted by molar-refractivity contribution is 8.15. The molecule has 58 valence electrons. The van der Waals surface area contributed by atoms with Crippen molar-refractivity contribution in [2.75, 3.05) is 12.5 Å². The predicted octanol–water partition coefficient (Wildman–Crippen LogP) is -0.593. The average molecular weight is 164 g/mol. The molecule has 0 aliphatic carbocycles. The van der Waals surface area contributed by atoms with Gasteiger partial charge in [-0.15, -0.1) is 10.5 Å². The number of nitrogens with zero attached hydrogens (tertiary/aromatic N) is 1. The van der Waals surface area contributed by atoms with Crippen LogP contribution in [-0.2, 0) is 4.79 Å². The van der Waals surface area contributed by atoms with Gasteiger partial charge in [-0.25, -0.2) is 0 Å². The number of carbonyl (C=O) groups excluding carboxylic acids is 1. The molecular weight excluding hydrogens is 156 g/mol. The van der Waals surface area contributed by atoms with E-state index in [4.69, 9.17) is 5.73 Å². The van der Waals surface area contributed by atoms with Gasteiger partial charge in [-0.3, -0.25) is 14.9 Å². The monoisotopic (exact) mass is 164 g/mol. The number of hydrogen-bond acceptors (Lipinski definition) is 3. The van der Waals surface area contributed by atoms with Crippen molar-refractivity contribution in [3.05, 3.63) is 10.1 Å². The molecule has 0 radical (unpaired) electrons. The highest BCUT2D eigenvalue weighted by Gasteiger charge is 2.19. The van der Waals surface area contributed by atoms with Crippen LogP contribution in [-0.4, -0.2) is 28.3 Å². The molecule has 0 rings (SSSR count). The Kier molecular flexibility index (Phi) is 3.01. The van der Waals surface area contributed by atoms with Gasteiger partial charge in [0.1, 0.15) is 0 Å². The molecule has 0 aromatic carbocycles. The SMILES string of the molecule is CS(C)=C(C(N)=O)[N+](=O)[O-]. The Morgan fingerprint density at radius 1 is 1.60 bits per heavy atom. The Morgan fingerprint density at radius 2 is 2.00 bits per heavy atom. The Hall–Kier alpha value is -0.910. The molecule has 10 heavy (non-hydrogen) atoms. The van der Waals surface area contributed by atoms with Gasteiger partial charge < -0.3 is 5.73 Å². The first-order valence-electron chi connectivity index (χ1n) is 2.35. The van der Waals surface area contributed by atoms with Crippen molar-refractivity contribution in [2.45, 2.75) is 0 Å². The largest absolute Gasteiger partial charge is 0.360 e. The molecular formula is C4H8N2O3S. The van der Waals surface area contributed by atoms with Crippen LogP contribution in [0, 0.1) is 10.1 Å². The molecule has 0 aliphatic heterocycles. The quantitative estimate of drug-likeness (QED) is 0.295. The van der Waals surface area contributed by atoms with Crippen LogP contribution in [0.15, 0.2) is 0 Å². The Morgan fingerprint density at radius 3 is 2.00 bits per heavy atom. The summed E-state index contributed by atoms with van der Waals surface area (Å²) < 4.78 is 0. The van der Waals surface area contributed by atoms with E-state index in [1.165, 1.54) is 0 Å². The van der Waals surface area contributed by atoms with Crippen LogP contribution in [0.25, 0.3) is 0 Å². The van der Waals surface area contributed by atoms with Crippen molar-refractivity contribution >= 4 is 21.4 Å². The minimum absolute atomic E-state index is 0.417.